The molecule has 0 aliphatic carbocycles. The van der Waals surface area contributed by atoms with Crippen molar-refractivity contribution < 1.29 is 28.8 Å². The highest BCUT2D eigenvalue weighted by Gasteiger charge is 2.24. The fraction of sp³-hybridized carbons (Fsp3) is 0.667. The van der Waals surface area contributed by atoms with E-state index in [1.165, 1.54) is 0 Å². The summed E-state index contributed by atoms with van der Waals surface area (Å²) in [5.74, 6) is -1.61. The fourth-order valence-electron chi connectivity index (χ4n) is 4.03. The Balaban J connectivity index is 2.10. The lowest BCUT2D eigenvalue weighted by atomic mass is 10.1. The van der Waals surface area contributed by atoms with E-state index in [0.29, 0.717) is 51.4 Å². The summed E-state index contributed by atoms with van der Waals surface area (Å²) in [5.41, 5.74) is 0.454. The van der Waals surface area contributed by atoms with Gasteiger partial charge in [-0.1, -0.05) is 24.3 Å². The Bertz CT molecular complexity index is 925. The number of rotatable bonds is 8. The molecule has 11 nitrogen and oxygen atoms in total. The second-order valence-corrected chi connectivity index (χ2v) is 11.6. The number of hydrogen-bond acceptors (Lipinski definition) is 10. The van der Waals surface area contributed by atoms with Crippen LogP contribution < -0.4 is 0 Å². The normalized spacial score (nSPS) is 16.7. The van der Waals surface area contributed by atoms with Gasteiger partial charge in [0.05, 0.1) is 13.1 Å². The van der Waals surface area contributed by atoms with Crippen LogP contribution in [0.5, 0.6) is 0 Å². The number of esters is 2. The minimum absolute atomic E-state index is 0.157. The van der Waals surface area contributed by atoms with Crippen LogP contribution in [0.1, 0.15) is 52.7 Å². The highest BCUT2D eigenvalue weighted by molar-refractivity contribution is 5.72. The van der Waals surface area contributed by atoms with Gasteiger partial charge in [-0.2, -0.15) is 0 Å². The summed E-state index contributed by atoms with van der Waals surface area (Å²) in [6.07, 6.45) is -0.240. The van der Waals surface area contributed by atoms with Gasteiger partial charge in [0.1, 0.15) is 22.5 Å². The number of nitrogens with zero attached hydrogens (tertiary/aromatic N) is 4. The van der Waals surface area contributed by atoms with Crippen LogP contribution in [-0.4, -0.2) is 101 Å². The molecule has 0 saturated carbocycles. The number of nitro groups is 1. The third kappa shape index (κ3) is 12.6. The van der Waals surface area contributed by atoms with Crippen LogP contribution in [0.4, 0.5) is 0 Å². The smallest absolute Gasteiger partial charge is 0.448 e. The average molecular weight is 535 g/mol. The van der Waals surface area contributed by atoms with Crippen molar-refractivity contribution in [2.45, 2.75) is 65.7 Å². The molecule has 0 bridgehead atoms. The van der Waals surface area contributed by atoms with E-state index in [4.69, 9.17) is 9.47 Å². The molecule has 38 heavy (non-hydrogen) atoms. The molecule has 11 heteroatoms. The van der Waals surface area contributed by atoms with Crippen LogP contribution >= 0.6 is 0 Å². The number of amides is 1. The molecular formula is C27H42N4O7. The Morgan fingerprint density at radius 3 is 1.47 bits per heavy atom. The van der Waals surface area contributed by atoms with Crippen molar-refractivity contribution in [1.82, 2.24) is 14.7 Å². The lowest BCUT2D eigenvalue weighted by Crippen LogP contribution is -2.42. The summed E-state index contributed by atoms with van der Waals surface area (Å²) >= 11 is 0. The molecule has 212 valence electrons. The van der Waals surface area contributed by atoms with Crippen LogP contribution in [-0.2, 0) is 36.8 Å². The lowest BCUT2D eigenvalue weighted by Gasteiger charge is -2.27. The Kier molecular flexibility index (Phi) is 11.4. The molecule has 1 aromatic rings. The highest BCUT2D eigenvalue weighted by atomic mass is 16.6. The zero-order valence-corrected chi connectivity index (χ0v) is 23.5. The van der Waals surface area contributed by atoms with E-state index in [0.717, 1.165) is 5.56 Å². The molecule has 1 aromatic carbocycles. The zero-order chi connectivity index (χ0) is 28.5. The van der Waals surface area contributed by atoms with Crippen LogP contribution in [0.3, 0.4) is 0 Å². The number of carbonyl (C=O) groups is 3. The van der Waals surface area contributed by atoms with Gasteiger partial charge in [-0.15, -0.1) is 0 Å². The first-order chi connectivity index (χ1) is 17.6. The van der Waals surface area contributed by atoms with E-state index in [2.05, 4.69) is 4.90 Å². The molecule has 1 fully saturated rings. The largest absolute Gasteiger partial charge is 0.459 e. The van der Waals surface area contributed by atoms with Gasteiger partial charge < -0.3 is 9.47 Å². The van der Waals surface area contributed by atoms with Crippen molar-refractivity contribution >= 4 is 17.8 Å². The molecule has 1 heterocycles. The lowest BCUT2D eigenvalue weighted by molar-refractivity contribution is -0.401. The first kappa shape index (κ1) is 31.3. The molecule has 0 aromatic heterocycles. The summed E-state index contributed by atoms with van der Waals surface area (Å²) in [5, 5.41) is 10.6. The van der Waals surface area contributed by atoms with Crippen molar-refractivity contribution in [2.75, 3.05) is 52.4 Å². The third-order valence-corrected chi connectivity index (χ3v) is 5.73. The van der Waals surface area contributed by atoms with Crippen molar-refractivity contribution in [2.24, 2.45) is 0 Å². The Labute approximate surface area is 225 Å². The Hall–Kier alpha value is -2.89. The van der Waals surface area contributed by atoms with Gasteiger partial charge in [0.25, 0.3) is 0 Å². The van der Waals surface area contributed by atoms with E-state index in [1.54, 1.807) is 12.1 Å². The molecule has 0 unspecified atom stereocenters. The van der Waals surface area contributed by atoms with E-state index in [9.17, 15) is 24.5 Å². The van der Waals surface area contributed by atoms with Gasteiger partial charge in [0.15, 0.2) is 0 Å². The van der Waals surface area contributed by atoms with E-state index >= 15 is 0 Å². The Morgan fingerprint density at radius 2 is 1.11 bits per heavy atom. The summed E-state index contributed by atoms with van der Waals surface area (Å²) in [6, 6.07) is 7.20. The monoisotopic (exact) mass is 534 g/mol. The second kappa shape index (κ2) is 13.8. The molecule has 0 atom stereocenters. The molecule has 1 aliphatic rings. The van der Waals surface area contributed by atoms with Crippen molar-refractivity contribution in [3.8, 4) is 0 Å². The first-order valence-electron chi connectivity index (χ1n) is 13.0. The average Bonchev–Trinajstić information content (AvgIpc) is 2.84. The van der Waals surface area contributed by atoms with Gasteiger partial charge >= 0.3 is 17.8 Å². The third-order valence-electron chi connectivity index (χ3n) is 5.73. The molecule has 2 rings (SSSR count). The molecule has 1 amide bonds. The van der Waals surface area contributed by atoms with Crippen molar-refractivity contribution in [3.05, 3.63) is 45.5 Å². The summed E-state index contributed by atoms with van der Waals surface area (Å²) in [7, 11) is 0. The van der Waals surface area contributed by atoms with E-state index < -0.39 is 22.0 Å². The van der Waals surface area contributed by atoms with Gasteiger partial charge in [-0.25, -0.2) is 4.79 Å². The maximum Gasteiger partial charge on any atom is 0.448 e. The maximum absolute atomic E-state index is 12.5. The van der Waals surface area contributed by atoms with Gasteiger partial charge in [-0.05, 0) is 52.7 Å². The molecule has 1 aliphatic heterocycles. The van der Waals surface area contributed by atoms with Gasteiger partial charge in [0, 0.05) is 45.8 Å². The molecular weight excluding hydrogens is 492 g/mol. The van der Waals surface area contributed by atoms with Crippen LogP contribution in [0.2, 0.25) is 0 Å². The minimum Gasteiger partial charge on any atom is -0.459 e. The number of benzene rings is 1. The number of ether oxygens (including phenoxy) is 2. The summed E-state index contributed by atoms with van der Waals surface area (Å²) < 4.78 is 11.0. The first-order valence-corrected chi connectivity index (χ1v) is 13.0. The van der Waals surface area contributed by atoms with E-state index in [-0.39, 0.29) is 31.4 Å². The van der Waals surface area contributed by atoms with Gasteiger partial charge in [0.2, 0.25) is 0 Å². The predicted molar refractivity (Wildman–Crippen MR) is 142 cm³/mol. The zero-order valence-electron chi connectivity index (χ0n) is 23.5. The summed E-state index contributed by atoms with van der Waals surface area (Å²) in [4.78, 5) is 52.5. The Morgan fingerprint density at radius 1 is 0.737 bits per heavy atom. The quantitative estimate of drug-likeness (QED) is 0.278. The highest BCUT2D eigenvalue weighted by Crippen LogP contribution is 2.13. The van der Waals surface area contributed by atoms with E-state index in [1.807, 2.05) is 63.5 Å². The fourth-order valence-corrected chi connectivity index (χ4v) is 4.03. The van der Waals surface area contributed by atoms with Crippen LogP contribution in [0.25, 0.3) is 0 Å². The van der Waals surface area contributed by atoms with Crippen LogP contribution in [0, 0.1) is 10.1 Å². The SMILES string of the molecule is CC(C)(C)OC(=O)CN1CCN(CC(=O)OC(C)(C)C)CCN(Cc2ccc(CC(=O)[N+](=O)[O-])cc2)CC1. The molecule has 1 saturated heterocycles. The molecule has 0 N–H and O–H groups in total. The van der Waals surface area contributed by atoms with Gasteiger partial charge in [-0.3, -0.25) is 34.4 Å². The maximum atomic E-state index is 12.5. The standard InChI is InChI=1S/C27H42N4O7/c1-26(2,3)37-24(33)19-29-13-11-28(12-14-30(16-15-29)20-25(34)38-27(4,5)6)18-22-9-7-21(8-10-22)17-23(32)31(35)36/h7-10H,11-20H2,1-6H3. The molecule has 0 radical (unpaired) electrons. The van der Waals surface area contributed by atoms with Crippen molar-refractivity contribution in [3.63, 3.8) is 0 Å². The predicted octanol–water partition coefficient (Wildman–Crippen LogP) is 2.14. The van der Waals surface area contributed by atoms with Crippen molar-refractivity contribution in [1.29, 1.82) is 0 Å². The minimum atomic E-state index is -1.03. The number of carbonyl (C=O) groups excluding carboxylic acids is 3. The molecule has 0 spiro atoms. The number of hydrogen-bond donors (Lipinski definition) is 0. The summed E-state index contributed by atoms with van der Waals surface area (Å²) in [6.45, 7) is 15.9. The van der Waals surface area contributed by atoms with Crippen LogP contribution in [0.15, 0.2) is 24.3 Å². The topological polar surface area (TPSA) is 123 Å². The second-order valence-electron chi connectivity index (χ2n) is 11.6.